The molecule has 0 saturated carbocycles. The van der Waals surface area contributed by atoms with Gasteiger partial charge in [-0.25, -0.2) is 0 Å². The van der Waals surface area contributed by atoms with Crippen LogP contribution < -0.4 is 5.32 Å². The van der Waals surface area contributed by atoms with Crippen molar-refractivity contribution in [1.82, 2.24) is 10.2 Å². The van der Waals surface area contributed by atoms with Gasteiger partial charge in [0.15, 0.2) is 0 Å². The average molecular weight is 242 g/mol. The molecule has 1 unspecified atom stereocenters. The van der Waals surface area contributed by atoms with Crippen LogP contribution in [0, 0.1) is 0 Å². The number of nitrogens with zero attached hydrogens (tertiary/aromatic N) is 1. The maximum atomic E-state index is 11.5. The van der Waals surface area contributed by atoms with Crippen molar-refractivity contribution in [3.05, 3.63) is 0 Å². The zero-order chi connectivity index (χ0) is 12.7. The fourth-order valence-electron chi connectivity index (χ4n) is 2.20. The molecule has 17 heavy (non-hydrogen) atoms. The molecule has 1 atom stereocenters. The molecule has 98 valence electrons. The third-order valence-corrected chi connectivity index (χ3v) is 3.21. The lowest BCUT2D eigenvalue weighted by Gasteiger charge is -2.28. The summed E-state index contributed by atoms with van der Waals surface area (Å²) in [5.41, 5.74) is 0. The molecule has 0 aliphatic carbocycles. The molecular weight excluding hydrogens is 220 g/mol. The average Bonchev–Trinajstić information content (AvgIpc) is 2.54. The Morgan fingerprint density at radius 2 is 2.35 bits per heavy atom. The van der Waals surface area contributed by atoms with Gasteiger partial charge in [0, 0.05) is 25.6 Å². The van der Waals surface area contributed by atoms with Crippen LogP contribution in [0.1, 0.15) is 32.6 Å². The zero-order valence-corrected chi connectivity index (χ0v) is 10.7. The first kappa shape index (κ1) is 14.0. The predicted molar refractivity (Wildman–Crippen MR) is 64.5 cm³/mol. The molecule has 0 aromatic carbocycles. The number of rotatable bonds is 5. The smallest absolute Gasteiger partial charge is 0.306 e. The van der Waals surface area contributed by atoms with E-state index in [1.54, 1.807) is 0 Å². The van der Waals surface area contributed by atoms with Crippen molar-refractivity contribution in [1.29, 1.82) is 0 Å². The van der Waals surface area contributed by atoms with Gasteiger partial charge < -0.3 is 10.1 Å². The van der Waals surface area contributed by atoms with Crippen LogP contribution >= 0.6 is 0 Å². The SMILES string of the molecule is CCN(CCC(=O)OC)C1CCCNC(=O)C1. The van der Waals surface area contributed by atoms with Crippen LogP contribution in [0.25, 0.3) is 0 Å². The van der Waals surface area contributed by atoms with Crippen LogP contribution in [0.5, 0.6) is 0 Å². The molecule has 0 bridgehead atoms. The molecule has 1 rings (SSSR count). The van der Waals surface area contributed by atoms with Gasteiger partial charge in [0.25, 0.3) is 0 Å². The van der Waals surface area contributed by atoms with Crippen molar-refractivity contribution in [2.75, 3.05) is 26.7 Å². The van der Waals surface area contributed by atoms with E-state index < -0.39 is 0 Å². The number of hydrogen-bond acceptors (Lipinski definition) is 4. The van der Waals surface area contributed by atoms with Crippen molar-refractivity contribution in [3.63, 3.8) is 0 Å². The lowest BCUT2D eigenvalue weighted by Crippen LogP contribution is -2.38. The highest BCUT2D eigenvalue weighted by atomic mass is 16.5. The second-order valence-electron chi connectivity index (χ2n) is 4.30. The second-order valence-corrected chi connectivity index (χ2v) is 4.30. The maximum absolute atomic E-state index is 11.5. The van der Waals surface area contributed by atoms with Gasteiger partial charge in [-0.2, -0.15) is 0 Å². The summed E-state index contributed by atoms with van der Waals surface area (Å²) in [5, 5.41) is 2.87. The summed E-state index contributed by atoms with van der Waals surface area (Å²) in [6.07, 6.45) is 2.94. The van der Waals surface area contributed by atoms with E-state index in [0.717, 1.165) is 25.9 Å². The van der Waals surface area contributed by atoms with E-state index in [9.17, 15) is 9.59 Å². The highest BCUT2D eigenvalue weighted by Crippen LogP contribution is 2.14. The van der Waals surface area contributed by atoms with Crippen molar-refractivity contribution in [3.8, 4) is 0 Å². The fraction of sp³-hybridized carbons (Fsp3) is 0.833. The van der Waals surface area contributed by atoms with Crippen molar-refractivity contribution in [2.45, 2.75) is 38.6 Å². The van der Waals surface area contributed by atoms with E-state index in [0.29, 0.717) is 19.4 Å². The first-order valence-electron chi connectivity index (χ1n) is 6.25. The number of carbonyl (C=O) groups excluding carboxylic acids is 2. The van der Waals surface area contributed by atoms with Gasteiger partial charge in [0.1, 0.15) is 0 Å². The topological polar surface area (TPSA) is 58.6 Å². The summed E-state index contributed by atoms with van der Waals surface area (Å²) in [6.45, 7) is 4.35. The lowest BCUT2D eigenvalue weighted by atomic mass is 10.1. The molecule has 1 aliphatic heterocycles. The van der Waals surface area contributed by atoms with E-state index in [-0.39, 0.29) is 17.9 Å². The van der Waals surface area contributed by atoms with Crippen LogP contribution in [0.3, 0.4) is 0 Å². The number of esters is 1. The van der Waals surface area contributed by atoms with E-state index in [2.05, 4.69) is 21.9 Å². The zero-order valence-electron chi connectivity index (χ0n) is 10.7. The monoisotopic (exact) mass is 242 g/mol. The summed E-state index contributed by atoms with van der Waals surface area (Å²) in [4.78, 5) is 24.8. The lowest BCUT2D eigenvalue weighted by molar-refractivity contribution is -0.141. The summed E-state index contributed by atoms with van der Waals surface area (Å²) in [7, 11) is 1.40. The van der Waals surface area contributed by atoms with Crippen LogP contribution in [-0.2, 0) is 14.3 Å². The van der Waals surface area contributed by atoms with Crippen LogP contribution in [0.4, 0.5) is 0 Å². The van der Waals surface area contributed by atoms with Gasteiger partial charge in [0.2, 0.25) is 5.91 Å². The molecule has 0 spiro atoms. The second kappa shape index (κ2) is 7.27. The predicted octanol–water partition coefficient (Wildman–Crippen LogP) is 0.540. The fourth-order valence-corrected chi connectivity index (χ4v) is 2.20. The Morgan fingerprint density at radius 1 is 1.59 bits per heavy atom. The number of amides is 1. The number of nitrogens with one attached hydrogen (secondary N) is 1. The Kier molecular flexibility index (Phi) is 5.97. The minimum absolute atomic E-state index is 0.115. The minimum atomic E-state index is -0.193. The minimum Gasteiger partial charge on any atom is -0.469 e. The molecular formula is C12H22N2O3. The highest BCUT2D eigenvalue weighted by Gasteiger charge is 2.22. The normalized spacial score (nSPS) is 20.9. The molecule has 5 nitrogen and oxygen atoms in total. The van der Waals surface area contributed by atoms with E-state index >= 15 is 0 Å². The van der Waals surface area contributed by atoms with Gasteiger partial charge in [-0.3, -0.25) is 14.5 Å². The van der Waals surface area contributed by atoms with Gasteiger partial charge >= 0.3 is 5.97 Å². The summed E-state index contributed by atoms with van der Waals surface area (Å²) in [5.74, 6) is -0.0782. The van der Waals surface area contributed by atoms with Crippen molar-refractivity contribution >= 4 is 11.9 Å². The third kappa shape index (κ3) is 4.73. The Labute approximate surface area is 102 Å². The molecule has 1 heterocycles. The summed E-state index contributed by atoms with van der Waals surface area (Å²) >= 11 is 0. The molecule has 0 aromatic rings. The molecule has 0 aromatic heterocycles. The Morgan fingerprint density at radius 3 is 3.00 bits per heavy atom. The van der Waals surface area contributed by atoms with Gasteiger partial charge in [-0.15, -0.1) is 0 Å². The first-order valence-corrected chi connectivity index (χ1v) is 6.25. The molecule has 1 N–H and O–H groups in total. The number of carbonyl (C=O) groups is 2. The largest absolute Gasteiger partial charge is 0.469 e. The number of hydrogen-bond donors (Lipinski definition) is 1. The highest BCUT2D eigenvalue weighted by molar-refractivity contribution is 5.76. The van der Waals surface area contributed by atoms with Gasteiger partial charge in [-0.05, 0) is 19.4 Å². The quantitative estimate of drug-likeness (QED) is 0.715. The van der Waals surface area contributed by atoms with E-state index in [4.69, 9.17) is 0 Å². The maximum Gasteiger partial charge on any atom is 0.306 e. The molecule has 5 heteroatoms. The van der Waals surface area contributed by atoms with Crippen LogP contribution in [-0.4, -0.2) is 49.6 Å². The summed E-state index contributed by atoms with van der Waals surface area (Å²) < 4.78 is 4.63. The standard InChI is InChI=1S/C12H22N2O3/c1-3-14(8-6-12(16)17-2)10-5-4-7-13-11(15)9-10/h10H,3-9H2,1-2H3,(H,13,15). The number of ether oxygens (including phenoxy) is 1. The van der Waals surface area contributed by atoms with Crippen LogP contribution in [0.15, 0.2) is 0 Å². The molecule has 1 fully saturated rings. The Balaban J connectivity index is 2.47. The van der Waals surface area contributed by atoms with E-state index in [1.807, 2.05) is 0 Å². The van der Waals surface area contributed by atoms with Gasteiger partial charge in [-0.1, -0.05) is 6.92 Å². The Hall–Kier alpha value is -1.10. The Bertz CT molecular complexity index is 268. The van der Waals surface area contributed by atoms with Gasteiger partial charge in [0.05, 0.1) is 13.5 Å². The molecule has 0 radical (unpaired) electrons. The summed E-state index contributed by atoms with van der Waals surface area (Å²) in [6, 6.07) is 0.257. The van der Waals surface area contributed by atoms with Crippen molar-refractivity contribution < 1.29 is 14.3 Å². The first-order chi connectivity index (χ1) is 8.17. The number of methoxy groups -OCH3 is 1. The molecule has 1 aliphatic rings. The molecule has 1 saturated heterocycles. The van der Waals surface area contributed by atoms with E-state index in [1.165, 1.54) is 7.11 Å². The third-order valence-electron chi connectivity index (χ3n) is 3.21. The molecule has 1 amide bonds. The van der Waals surface area contributed by atoms with Crippen molar-refractivity contribution in [2.24, 2.45) is 0 Å². The van der Waals surface area contributed by atoms with Crippen LogP contribution in [0.2, 0.25) is 0 Å².